The van der Waals surface area contributed by atoms with Gasteiger partial charge in [-0.15, -0.1) is 0 Å². The number of nitrogens with one attached hydrogen (secondary N) is 1. The molecule has 1 amide bonds. The standard InChI is InChI=1S/C12H16N2O3S/c1-9-3-2-5-13-11(9)7-18-6-4-10(12(16)17)14-8-15/h2-3,5,8,10H,4,6-7H2,1H3,(H,14,15)(H,16,17). The Morgan fingerprint density at radius 1 is 1.67 bits per heavy atom. The maximum Gasteiger partial charge on any atom is 0.326 e. The number of aliphatic carboxylic acids is 1. The van der Waals surface area contributed by atoms with Gasteiger partial charge in [-0.1, -0.05) is 6.07 Å². The van der Waals surface area contributed by atoms with Gasteiger partial charge in [0.2, 0.25) is 6.41 Å². The summed E-state index contributed by atoms with van der Waals surface area (Å²) < 4.78 is 0. The number of aryl methyl sites for hydroxylation is 1. The quantitative estimate of drug-likeness (QED) is 0.547. The normalized spacial score (nSPS) is 11.8. The number of thioether (sulfide) groups is 1. The minimum absolute atomic E-state index is 0.407. The summed E-state index contributed by atoms with van der Waals surface area (Å²) in [7, 11) is 0. The molecule has 0 bridgehead atoms. The van der Waals surface area contributed by atoms with Gasteiger partial charge in [-0.2, -0.15) is 11.8 Å². The summed E-state index contributed by atoms with van der Waals surface area (Å²) in [4.78, 5) is 25.2. The summed E-state index contributed by atoms with van der Waals surface area (Å²) in [5, 5.41) is 11.1. The molecule has 0 aliphatic rings. The smallest absolute Gasteiger partial charge is 0.326 e. The molecular formula is C12H16N2O3S. The highest BCUT2D eigenvalue weighted by atomic mass is 32.2. The molecular weight excluding hydrogens is 252 g/mol. The van der Waals surface area contributed by atoms with Crippen LogP contribution in [0.15, 0.2) is 18.3 Å². The van der Waals surface area contributed by atoms with E-state index >= 15 is 0 Å². The molecule has 0 saturated heterocycles. The van der Waals surface area contributed by atoms with Crippen molar-refractivity contribution in [2.24, 2.45) is 0 Å². The van der Waals surface area contributed by atoms with Gasteiger partial charge >= 0.3 is 5.97 Å². The molecule has 1 atom stereocenters. The molecule has 5 nitrogen and oxygen atoms in total. The van der Waals surface area contributed by atoms with Gasteiger partial charge in [0.05, 0.1) is 5.69 Å². The molecule has 1 aromatic rings. The van der Waals surface area contributed by atoms with Crippen molar-refractivity contribution in [2.45, 2.75) is 25.1 Å². The van der Waals surface area contributed by atoms with Gasteiger partial charge in [-0.25, -0.2) is 4.79 Å². The van der Waals surface area contributed by atoms with Crippen molar-refractivity contribution in [1.82, 2.24) is 10.3 Å². The number of carboxylic acids is 1. The Labute approximate surface area is 110 Å². The fraction of sp³-hybridized carbons (Fsp3) is 0.417. The van der Waals surface area contributed by atoms with Gasteiger partial charge in [-0.05, 0) is 30.7 Å². The third-order valence-electron chi connectivity index (χ3n) is 2.47. The number of nitrogens with zero attached hydrogens (tertiary/aromatic N) is 1. The Morgan fingerprint density at radius 3 is 3.06 bits per heavy atom. The molecule has 0 spiro atoms. The fourth-order valence-electron chi connectivity index (χ4n) is 1.40. The second-order valence-electron chi connectivity index (χ2n) is 3.78. The van der Waals surface area contributed by atoms with E-state index in [-0.39, 0.29) is 0 Å². The molecule has 1 unspecified atom stereocenters. The van der Waals surface area contributed by atoms with Crippen molar-refractivity contribution in [3.8, 4) is 0 Å². The molecule has 2 N–H and O–H groups in total. The van der Waals surface area contributed by atoms with E-state index in [1.165, 1.54) is 0 Å². The molecule has 6 heteroatoms. The monoisotopic (exact) mass is 268 g/mol. The topological polar surface area (TPSA) is 79.3 Å². The number of hydrogen-bond acceptors (Lipinski definition) is 4. The molecule has 18 heavy (non-hydrogen) atoms. The number of aromatic nitrogens is 1. The van der Waals surface area contributed by atoms with Crippen molar-refractivity contribution in [3.05, 3.63) is 29.6 Å². The van der Waals surface area contributed by atoms with E-state index < -0.39 is 12.0 Å². The van der Waals surface area contributed by atoms with Crippen LogP contribution in [0.25, 0.3) is 0 Å². The predicted molar refractivity (Wildman–Crippen MR) is 70.4 cm³/mol. The first-order valence-electron chi connectivity index (χ1n) is 5.56. The number of carboxylic acid groups (broad SMARTS) is 1. The number of amides is 1. The van der Waals surface area contributed by atoms with Crippen molar-refractivity contribution < 1.29 is 14.7 Å². The van der Waals surface area contributed by atoms with Crippen LogP contribution < -0.4 is 5.32 Å². The average Bonchev–Trinajstić information content (AvgIpc) is 2.35. The van der Waals surface area contributed by atoms with Crippen LogP contribution in [-0.4, -0.2) is 34.3 Å². The van der Waals surface area contributed by atoms with Crippen LogP contribution in [0.2, 0.25) is 0 Å². The van der Waals surface area contributed by atoms with Crippen molar-refractivity contribution in [3.63, 3.8) is 0 Å². The van der Waals surface area contributed by atoms with Crippen molar-refractivity contribution in [1.29, 1.82) is 0 Å². The first-order chi connectivity index (χ1) is 8.65. The molecule has 0 aliphatic heterocycles. The number of carbonyl (C=O) groups excluding carboxylic acids is 1. The second-order valence-corrected chi connectivity index (χ2v) is 4.89. The van der Waals surface area contributed by atoms with Gasteiger partial charge in [0, 0.05) is 11.9 Å². The third-order valence-corrected chi connectivity index (χ3v) is 3.48. The predicted octanol–water partition coefficient (Wildman–Crippen LogP) is 1.21. The molecule has 1 heterocycles. The minimum Gasteiger partial charge on any atom is -0.480 e. The van der Waals surface area contributed by atoms with Crippen LogP contribution >= 0.6 is 11.8 Å². The summed E-state index contributed by atoms with van der Waals surface area (Å²) in [6.45, 7) is 2.00. The van der Waals surface area contributed by atoms with E-state index in [9.17, 15) is 9.59 Å². The lowest BCUT2D eigenvalue weighted by Gasteiger charge is -2.10. The van der Waals surface area contributed by atoms with Crippen molar-refractivity contribution >= 4 is 24.1 Å². The van der Waals surface area contributed by atoms with Gasteiger partial charge in [0.15, 0.2) is 0 Å². The number of rotatable bonds is 8. The third kappa shape index (κ3) is 4.75. The van der Waals surface area contributed by atoms with Gasteiger partial charge in [0.25, 0.3) is 0 Å². The lowest BCUT2D eigenvalue weighted by Crippen LogP contribution is -2.36. The lowest BCUT2D eigenvalue weighted by atomic mass is 10.2. The minimum atomic E-state index is -1.00. The Kier molecular flexibility index (Phi) is 6.21. The average molecular weight is 268 g/mol. The molecule has 0 aliphatic carbocycles. The first-order valence-corrected chi connectivity index (χ1v) is 6.71. The van der Waals surface area contributed by atoms with E-state index in [4.69, 9.17) is 5.11 Å². The Morgan fingerprint density at radius 2 is 2.44 bits per heavy atom. The summed E-state index contributed by atoms with van der Waals surface area (Å²) in [5.74, 6) is 0.408. The summed E-state index contributed by atoms with van der Waals surface area (Å²) in [5.41, 5.74) is 2.14. The highest BCUT2D eigenvalue weighted by Crippen LogP contribution is 2.14. The molecule has 0 radical (unpaired) electrons. The highest BCUT2D eigenvalue weighted by molar-refractivity contribution is 7.98. The molecule has 0 fully saturated rings. The summed E-state index contributed by atoms with van der Waals surface area (Å²) in [6.07, 6.45) is 2.58. The van der Waals surface area contributed by atoms with Crippen LogP contribution in [-0.2, 0) is 15.3 Å². The molecule has 0 aromatic carbocycles. The maximum absolute atomic E-state index is 10.8. The van der Waals surface area contributed by atoms with E-state index in [2.05, 4.69) is 10.3 Å². The van der Waals surface area contributed by atoms with Crippen LogP contribution in [0.1, 0.15) is 17.7 Å². The fourth-order valence-corrected chi connectivity index (χ4v) is 2.44. The molecule has 0 saturated carbocycles. The van der Waals surface area contributed by atoms with Gasteiger partial charge in [0.1, 0.15) is 6.04 Å². The summed E-state index contributed by atoms with van der Waals surface area (Å²) >= 11 is 1.61. The largest absolute Gasteiger partial charge is 0.480 e. The van der Waals surface area contributed by atoms with Gasteiger partial charge in [-0.3, -0.25) is 9.78 Å². The number of pyridine rings is 1. The number of carbonyl (C=O) groups is 2. The first kappa shape index (κ1) is 14.5. The Hall–Kier alpha value is -1.56. The Balaban J connectivity index is 2.32. The van der Waals surface area contributed by atoms with E-state index in [0.29, 0.717) is 18.6 Å². The van der Waals surface area contributed by atoms with Crippen molar-refractivity contribution in [2.75, 3.05) is 5.75 Å². The summed E-state index contributed by atoms with van der Waals surface area (Å²) in [6, 6.07) is 3.08. The molecule has 98 valence electrons. The van der Waals surface area contributed by atoms with Crippen LogP contribution in [0.4, 0.5) is 0 Å². The van der Waals surface area contributed by atoms with Crippen LogP contribution in [0.3, 0.4) is 0 Å². The van der Waals surface area contributed by atoms with Gasteiger partial charge < -0.3 is 10.4 Å². The van der Waals surface area contributed by atoms with Crippen LogP contribution in [0, 0.1) is 6.92 Å². The Bertz CT molecular complexity index is 412. The van der Waals surface area contributed by atoms with E-state index in [0.717, 1.165) is 17.0 Å². The highest BCUT2D eigenvalue weighted by Gasteiger charge is 2.15. The maximum atomic E-state index is 10.8. The van der Waals surface area contributed by atoms with Crippen LogP contribution in [0.5, 0.6) is 0 Å². The van der Waals surface area contributed by atoms with E-state index in [1.54, 1.807) is 18.0 Å². The molecule has 1 rings (SSSR count). The molecule has 1 aromatic heterocycles. The zero-order valence-electron chi connectivity index (χ0n) is 10.1. The number of hydrogen-bond donors (Lipinski definition) is 2. The SMILES string of the molecule is Cc1cccnc1CSCCC(NC=O)C(=O)O. The zero-order chi connectivity index (χ0) is 13.4. The lowest BCUT2D eigenvalue weighted by molar-refractivity contribution is -0.140. The van der Waals surface area contributed by atoms with E-state index in [1.807, 2.05) is 19.1 Å². The second kappa shape index (κ2) is 7.71. The zero-order valence-corrected chi connectivity index (χ0v) is 10.9.